The van der Waals surface area contributed by atoms with Crippen LogP contribution in [0.4, 0.5) is 23.2 Å². The Morgan fingerprint density at radius 1 is 1.00 bits per heavy atom. The third kappa shape index (κ3) is 8.73. The number of benzene rings is 2. The number of nitrogens with two attached hydrogens (primary N) is 2. The van der Waals surface area contributed by atoms with E-state index in [0.717, 1.165) is 18.2 Å². The first-order chi connectivity index (χ1) is 17.8. The highest BCUT2D eigenvalue weighted by Crippen LogP contribution is 2.33. The first kappa shape index (κ1) is 30.1. The number of aromatic nitrogens is 3. The van der Waals surface area contributed by atoms with Crippen molar-refractivity contribution >= 4 is 45.7 Å². The second-order valence-electron chi connectivity index (χ2n) is 7.92. The second-order valence-corrected chi connectivity index (χ2v) is 8.36. The van der Waals surface area contributed by atoms with Crippen LogP contribution in [0.5, 0.6) is 0 Å². The zero-order valence-electron chi connectivity index (χ0n) is 20.6. The minimum atomic E-state index is -4.47. The molecule has 200 valence electrons. The summed E-state index contributed by atoms with van der Waals surface area (Å²) in [6.45, 7) is 3.51. The van der Waals surface area contributed by atoms with E-state index in [1.807, 2.05) is 0 Å². The molecule has 0 aliphatic heterocycles. The van der Waals surface area contributed by atoms with Crippen molar-refractivity contribution in [1.29, 1.82) is 0 Å². The van der Waals surface area contributed by atoms with E-state index in [9.17, 15) is 17.6 Å². The first-order valence-electron chi connectivity index (χ1n) is 11.8. The normalized spacial score (nSPS) is 12.8. The molecule has 37 heavy (non-hydrogen) atoms. The van der Waals surface area contributed by atoms with Crippen molar-refractivity contribution < 1.29 is 17.6 Å². The Bertz CT molecular complexity index is 1240. The van der Waals surface area contributed by atoms with E-state index in [0.29, 0.717) is 27.5 Å². The third-order valence-corrected chi connectivity index (χ3v) is 5.82. The molecule has 0 atom stereocenters. The highest BCUT2D eigenvalue weighted by atomic mass is 32.2. The van der Waals surface area contributed by atoms with Crippen LogP contribution < -0.4 is 15.6 Å². The SMILES string of the molecule is C1CCCCC1.C=Cc1ccc2[nH]ncc2c1F.CN.NSNc1cc(C(F)(F)F)nc2ccccc12. The lowest BCUT2D eigenvalue weighted by atomic mass is 10.0. The van der Waals surface area contributed by atoms with Crippen molar-refractivity contribution in [3.63, 3.8) is 0 Å². The minimum absolute atomic E-state index is 0.267. The summed E-state index contributed by atoms with van der Waals surface area (Å²) in [6.07, 6.45) is 7.49. The van der Waals surface area contributed by atoms with Gasteiger partial charge in [-0.25, -0.2) is 9.37 Å². The summed E-state index contributed by atoms with van der Waals surface area (Å²) in [6, 6.07) is 11.0. The molecule has 6 N–H and O–H groups in total. The number of alkyl halides is 3. The number of hydrogen-bond acceptors (Lipinski definition) is 6. The maximum Gasteiger partial charge on any atom is 0.433 e. The van der Waals surface area contributed by atoms with E-state index in [4.69, 9.17) is 5.14 Å². The van der Waals surface area contributed by atoms with Crippen LogP contribution in [0.2, 0.25) is 0 Å². The topological polar surface area (TPSA) is 106 Å². The van der Waals surface area contributed by atoms with Gasteiger partial charge in [0.1, 0.15) is 11.5 Å². The van der Waals surface area contributed by atoms with E-state index < -0.39 is 11.9 Å². The summed E-state index contributed by atoms with van der Waals surface area (Å²) >= 11 is 0.744. The molecule has 2 aromatic heterocycles. The summed E-state index contributed by atoms with van der Waals surface area (Å²) < 4.78 is 53.8. The molecule has 6 nitrogen and oxygen atoms in total. The number of para-hydroxylation sites is 1. The van der Waals surface area contributed by atoms with Gasteiger partial charge in [-0.2, -0.15) is 18.3 Å². The fourth-order valence-electron chi connectivity index (χ4n) is 3.69. The average molecular weight is 537 g/mol. The van der Waals surface area contributed by atoms with Crippen LogP contribution in [0.3, 0.4) is 0 Å². The van der Waals surface area contributed by atoms with Crippen molar-refractivity contribution in [2.24, 2.45) is 10.9 Å². The maximum atomic E-state index is 13.4. The second kappa shape index (κ2) is 15.2. The Morgan fingerprint density at radius 3 is 2.19 bits per heavy atom. The predicted molar refractivity (Wildman–Crippen MR) is 146 cm³/mol. The van der Waals surface area contributed by atoms with Gasteiger partial charge in [-0.05, 0) is 31.3 Å². The van der Waals surface area contributed by atoms with Crippen LogP contribution in [-0.4, -0.2) is 22.2 Å². The molecular formula is C26H32F4N6S. The number of nitrogens with zero attached hydrogens (tertiary/aromatic N) is 2. The highest BCUT2D eigenvalue weighted by Gasteiger charge is 2.33. The minimum Gasteiger partial charge on any atom is -0.333 e. The van der Waals surface area contributed by atoms with Gasteiger partial charge in [0.15, 0.2) is 0 Å². The van der Waals surface area contributed by atoms with Gasteiger partial charge in [0.25, 0.3) is 0 Å². The van der Waals surface area contributed by atoms with E-state index in [-0.39, 0.29) is 11.3 Å². The number of halogens is 4. The lowest BCUT2D eigenvalue weighted by Gasteiger charge is -2.11. The zero-order valence-corrected chi connectivity index (χ0v) is 21.4. The fraction of sp³-hybridized carbons (Fsp3) is 0.308. The molecule has 5 rings (SSSR count). The highest BCUT2D eigenvalue weighted by molar-refractivity contribution is 7.98. The number of rotatable bonds is 3. The molecule has 2 heterocycles. The first-order valence-corrected chi connectivity index (χ1v) is 12.6. The Morgan fingerprint density at radius 2 is 1.62 bits per heavy atom. The molecule has 1 aliphatic rings. The number of H-pyrrole nitrogens is 1. The van der Waals surface area contributed by atoms with E-state index in [2.05, 4.69) is 32.2 Å². The van der Waals surface area contributed by atoms with Crippen LogP contribution in [0.1, 0.15) is 49.8 Å². The fourth-order valence-corrected chi connectivity index (χ4v) is 3.98. The Hall–Kier alpha value is -3.15. The molecule has 1 saturated carbocycles. The van der Waals surface area contributed by atoms with Crippen LogP contribution in [0.25, 0.3) is 27.9 Å². The lowest BCUT2D eigenvalue weighted by Crippen LogP contribution is -2.09. The number of hydrogen-bond donors (Lipinski definition) is 4. The van der Waals surface area contributed by atoms with Gasteiger partial charge < -0.3 is 10.5 Å². The molecule has 1 fully saturated rings. The standard InChI is InChI=1S/C10H8F3N3S.C9H7FN2.C6H12.CH5N/c11-10(12,13)9-5-8(16-17-14)6-3-1-2-4-7(6)15-9;1-2-6-3-4-8-7(9(6)10)5-11-12-8;1-2-4-6-5-3-1;1-2/h1-5H,14H2,(H,15,16);2-5H,1H2,(H,11,12);1-6H2;2H2,1H3. The molecule has 0 radical (unpaired) electrons. The van der Waals surface area contributed by atoms with Crippen LogP contribution in [-0.2, 0) is 6.18 Å². The number of fused-ring (bicyclic) bond motifs is 2. The van der Waals surface area contributed by atoms with Gasteiger partial charge in [-0.15, -0.1) is 0 Å². The summed E-state index contributed by atoms with van der Waals surface area (Å²) in [5.41, 5.74) is 5.35. The third-order valence-electron chi connectivity index (χ3n) is 5.48. The molecule has 0 spiro atoms. The van der Waals surface area contributed by atoms with Crippen molar-refractivity contribution in [2.75, 3.05) is 11.8 Å². The van der Waals surface area contributed by atoms with Crippen molar-refractivity contribution in [1.82, 2.24) is 15.2 Å². The molecule has 0 saturated heterocycles. The van der Waals surface area contributed by atoms with E-state index in [1.54, 1.807) is 30.3 Å². The van der Waals surface area contributed by atoms with Crippen LogP contribution >= 0.6 is 12.1 Å². The molecule has 11 heteroatoms. The Kier molecular flexibility index (Phi) is 12.3. The summed E-state index contributed by atoms with van der Waals surface area (Å²) in [5, 5.41) is 12.7. The molecule has 0 amide bonds. The Labute approximate surface area is 218 Å². The predicted octanol–water partition coefficient (Wildman–Crippen LogP) is 7.45. The van der Waals surface area contributed by atoms with Crippen molar-refractivity contribution in [3.8, 4) is 0 Å². The van der Waals surface area contributed by atoms with Gasteiger partial charge >= 0.3 is 6.18 Å². The summed E-state index contributed by atoms with van der Waals surface area (Å²) in [7, 11) is 1.50. The largest absolute Gasteiger partial charge is 0.433 e. The summed E-state index contributed by atoms with van der Waals surface area (Å²) in [4.78, 5) is 3.57. The van der Waals surface area contributed by atoms with Crippen LogP contribution in [0.15, 0.2) is 55.2 Å². The number of anilines is 1. The van der Waals surface area contributed by atoms with Crippen molar-refractivity contribution in [3.05, 3.63) is 72.3 Å². The number of aromatic amines is 1. The van der Waals surface area contributed by atoms with Gasteiger partial charge in [0.2, 0.25) is 0 Å². The van der Waals surface area contributed by atoms with Crippen molar-refractivity contribution in [2.45, 2.75) is 44.7 Å². The van der Waals surface area contributed by atoms with Crippen LogP contribution in [0, 0.1) is 5.82 Å². The summed E-state index contributed by atoms with van der Waals surface area (Å²) in [5.74, 6) is -0.267. The molecule has 2 aromatic carbocycles. The molecular weight excluding hydrogens is 504 g/mol. The molecule has 1 aliphatic carbocycles. The van der Waals surface area contributed by atoms with E-state index in [1.165, 1.54) is 63.9 Å². The molecule has 0 unspecified atom stereocenters. The number of pyridine rings is 1. The maximum absolute atomic E-state index is 13.4. The van der Waals surface area contributed by atoms with Gasteiger partial charge in [0, 0.05) is 23.1 Å². The van der Waals surface area contributed by atoms with E-state index >= 15 is 0 Å². The van der Waals surface area contributed by atoms with Gasteiger partial charge in [-0.1, -0.05) is 69.4 Å². The quantitative estimate of drug-likeness (QED) is 0.160. The van der Waals surface area contributed by atoms with Gasteiger partial charge in [0.05, 0.1) is 28.3 Å². The number of nitrogens with one attached hydrogen (secondary N) is 2. The monoisotopic (exact) mass is 536 g/mol. The lowest BCUT2D eigenvalue weighted by molar-refractivity contribution is -0.140. The average Bonchev–Trinajstić information content (AvgIpc) is 3.41. The Balaban J connectivity index is 0.000000208. The smallest absolute Gasteiger partial charge is 0.333 e. The molecule has 0 bridgehead atoms. The zero-order chi connectivity index (χ0) is 27.3. The van der Waals surface area contributed by atoms with Gasteiger partial charge in [-0.3, -0.25) is 10.2 Å². The molecule has 4 aromatic rings.